The van der Waals surface area contributed by atoms with Crippen molar-refractivity contribution in [1.29, 1.82) is 0 Å². The molecule has 0 aliphatic carbocycles. The number of likely N-dealkylation sites (N-methyl/N-ethyl adjacent to an activating group) is 1. The fourth-order valence-corrected chi connectivity index (χ4v) is 2.28. The number of ether oxygens (including phenoxy) is 1. The molecule has 0 saturated carbocycles. The van der Waals surface area contributed by atoms with E-state index in [2.05, 4.69) is 31.1 Å². The van der Waals surface area contributed by atoms with Gasteiger partial charge in [-0.05, 0) is 19.4 Å². The molecule has 0 amide bonds. The van der Waals surface area contributed by atoms with E-state index in [-0.39, 0.29) is 0 Å². The summed E-state index contributed by atoms with van der Waals surface area (Å²) in [5.74, 6) is 0.802. The molecule has 1 saturated heterocycles. The summed E-state index contributed by atoms with van der Waals surface area (Å²) in [6.45, 7) is 9.71. The van der Waals surface area contributed by atoms with Crippen molar-refractivity contribution in [3.8, 4) is 0 Å². The lowest BCUT2D eigenvalue weighted by atomic mass is 10.1. The molecule has 0 bridgehead atoms. The third-order valence-corrected chi connectivity index (χ3v) is 2.92. The molecule has 0 aromatic rings. The summed E-state index contributed by atoms with van der Waals surface area (Å²) in [6, 6.07) is 0. The molecule has 2 unspecified atom stereocenters. The molecule has 1 aliphatic rings. The van der Waals surface area contributed by atoms with Gasteiger partial charge in [-0.2, -0.15) is 0 Å². The molecule has 1 fully saturated rings. The van der Waals surface area contributed by atoms with Crippen molar-refractivity contribution < 1.29 is 4.74 Å². The van der Waals surface area contributed by atoms with Gasteiger partial charge in [0.25, 0.3) is 0 Å². The van der Waals surface area contributed by atoms with Crippen LogP contribution in [0.4, 0.5) is 0 Å². The Labute approximate surface area is 94.2 Å². The Balaban J connectivity index is 2.13. The Morgan fingerprint density at radius 1 is 1.53 bits per heavy atom. The van der Waals surface area contributed by atoms with Crippen LogP contribution in [-0.2, 0) is 4.74 Å². The highest BCUT2D eigenvalue weighted by Gasteiger charge is 2.16. The number of morpholine rings is 1. The molecule has 3 nitrogen and oxygen atoms in total. The van der Waals surface area contributed by atoms with E-state index >= 15 is 0 Å². The van der Waals surface area contributed by atoms with E-state index in [1.165, 1.54) is 19.4 Å². The standard InChI is InChI=1S/C12H26N2O/c1-4-5-11(2)9-14(3)10-12-8-13-6-7-15-12/h11-13H,4-10H2,1-3H3. The molecule has 1 heterocycles. The van der Waals surface area contributed by atoms with Crippen LogP contribution in [0, 0.1) is 5.92 Å². The normalized spacial score (nSPS) is 24.4. The molecule has 2 atom stereocenters. The number of hydrogen-bond donors (Lipinski definition) is 1. The van der Waals surface area contributed by atoms with Gasteiger partial charge in [-0.1, -0.05) is 20.3 Å². The maximum Gasteiger partial charge on any atom is 0.0826 e. The fourth-order valence-electron chi connectivity index (χ4n) is 2.28. The maximum absolute atomic E-state index is 5.69. The number of rotatable bonds is 6. The smallest absolute Gasteiger partial charge is 0.0826 e. The minimum Gasteiger partial charge on any atom is -0.374 e. The second kappa shape index (κ2) is 7.20. The monoisotopic (exact) mass is 214 g/mol. The average molecular weight is 214 g/mol. The van der Waals surface area contributed by atoms with E-state index in [1.54, 1.807) is 0 Å². The van der Waals surface area contributed by atoms with Crippen molar-refractivity contribution in [2.45, 2.75) is 32.8 Å². The molecule has 3 heteroatoms. The summed E-state index contributed by atoms with van der Waals surface area (Å²) < 4.78 is 5.69. The van der Waals surface area contributed by atoms with Crippen LogP contribution in [0.25, 0.3) is 0 Å². The second-order valence-corrected chi connectivity index (χ2v) is 4.81. The predicted molar refractivity (Wildman–Crippen MR) is 64.2 cm³/mol. The van der Waals surface area contributed by atoms with E-state index in [1.807, 2.05) is 0 Å². The van der Waals surface area contributed by atoms with E-state index < -0.39 is 0 Å². The first kappa shape index (κ1) is 12.9. The van der Waals surface area contributed by atoms with Gasteiger partial charge in [0.2, 0.25) is 0 Å². The maximum atomic E-state index is 5.69. The van der Waals surface area contributed by atoms with Gasteiger partial charge in [-0.25, -0.2) is 0 Å². The third kappa shape index (κ3) is 5.50. The highest BCUT2D eigenvalue weighted by atomic mass is 16.5. The lowest BCUT2D eigenvalue weighted by Crippen LogP contribution is -2.45. The highest BCUT2D eigenvalue weighted by molar-refractivity contribution is 4.71. The Kier molecular flexibility index (Phi) is 6.22. The molecular weight excluding hydrogens is 188 g/mol. The minimum absolute atomic E-state index is 0.387. The molecule has 0 radical (unpaired) electrons. The highest BCUT2D eigenvalue weighted by Crippen LogP contribution is 2.07. The zero-order valence-electron chi connectivity index (χ0n) is 10.5. The average Bonchev–Trinajstić information content (AvgIpc) is 2.19. The minimum atomic E-state index is 0.387. The number of nitrogens with zero attached hydrogens (tertiary/aromatic N) is 1. The van der Waals surface area contributed by atoms with E-state index in [4.69, 9.17) is 4.74 Å². The van der Waals surface area contributed by atoms with Gasteiger partial charge in [-0.3, -0.25) is 0 Å². The Bertz CT molecular complexity index is 158. The molecule has 1 N–H and O–H groups in total. The van der Waals surface area contributed by atoms with Gasteiger partial charge >= 0.3 is 0 Å². The lowest BCUT2D eigenvalue weighted by molar-refractivity contribution is 0.00803. The molecule has 0 aromatic heterocycles. The quantitative estimate of drug-likeness (QED) is 0.722. The van der Waals surface area contributed by atoms with Crippen LogP contribution < -0.4 is 5.32 Å². The lowest BCUT2D eigenvalue weighted by Gasteiger charge is -2.29. The van der Waals surface area contributed by atoms with Gasteiger partial charge in [0.15, 0.2) is 0 Å². The molecule has 15 heavy (non-hydrogen) atoms. The summed E-state index contributed by atoms with van der Waals surface area (Å²) in [7, 11) is 2.20. The van der Waals surface area contributed by atoms with Crippen LogP contribution in [0.2, 0.25) is 0 Å². The van der Waals surface area contributed by atoms with Crippen molar-refractivity contribution in [2.75, 3.05) is 39.8 Å². The zero-order valence-corrected chi connectivity index (χ0v) is 10.5. The Morgan fingerprint density at radius 2 is 2.33 bits per heavy atom. The van der Waals surface area contributed by atoms with E-state index in [0.29, 0.717) is 6.10 Å². The van der Waals surface area contributed by atoms with E-state index in [0.717, 1.165) is 32.2 Å². The molecule has 1 aliphatic heterocycles. The van der Waals surface area contributed by atoms with Gasteiger partial charge in [0, 0.05) is 26.2 Å². The third-order valence-electron chi connectivity index (χ3n) is 2.92. The summed E-state index contributed by atoms with van der Waals surface area (Å²) in [6.07, 6.45) is 3.00. The van der Waals surface area contributed by atoms with Crippen molar-refractivity contribution in [2.24, 2.45) is 5.92 Å². The summed E-state index contributed by atoms with van der Waals surface area (Å²) >= 11 is 0. The van der Waals surface area contributed by atoms with Crippen molar-refractivity contribution in [1.82, 2.24) is 10.2 Å². The Hall–Kier alpha value is -0.120. The largest absolute Gasteiger partial charge is 0.374 e. The molecular formula is C12H26N2O. The van der Waals surface area contributed by atoms with Crippen LogP contribution in [0.1, 0.15) is 26.7 Å². The number of hydrogen-bond acceptors (Lipinski definition) is 3. The summed E-state index contributed by atoms with van der Waals surface area (Å²) in [5, 5.41) is 3.37. The zero-order chi connectivity index (χ0) is 11.1. The summed E-state index contributed by atoms with van der Waals surface area (Å²) in [5.41, 5.74) is 0. The molecule has 0 spiro atoms. The van der Waals surface area contributed by atoms with E-state index in [9.17, 15) is 0 Å². The molecule has 0 aromatic carbocycles. The van der Waals surface area contributed by atoms with Crippen LogP contribution in [0.15, 0.2) is 0 Å². The second-order valence-electron chi connectivity index (χ2n) is 4.81. The predicted octanol–water partition coefficient (Wildman–Crippen LogP) is 1.34. The Morgan fingerprint density at radius 3 is 2.93 bits per heavy atom. The van der Waals surface area contributed by atoms with Crippen LogP contribution in [0.5, 0.6) is 0 Å². The molecule has 90 valence electrons. The van der Waals surface area contributed by atoms with Crippen molar-refractivity contribution in [3.63, 3.8) is 0 Å². The fraction of sp³-hybridized carbons (Fsp3) is 1.00. The first-order valence-electron chi connectivity index (χ1n) is 6.23. The van der Waals surface area contributed by atoms with Crippen molar-refractivity contribution >= 4 is 0 Å². The van der Waals surface area contributed by atoms with Crippen LogP contribution >= 0.6 is 0 Å². The number of nitrogens with one attached hydrogen (secondary N) is 1. The SMILES string of the molecule is CCCC(C)CN(C)CC1CNCCO1. The van der Waals surface area contributed by atoms with Crippen LogP contribution in [-0.4, -0.2) is 50.8 Å². The topological polar surface area (TPSA) is 24.5 Å². The van der Waals surface area contributed by atoms with Gasteiger partial charge < -0.3 is 15.0 Å². The first-order chi connectivity index (χ1) is 7.22. The van der Waals surface area contributed by atoms with Crippen LogP contribution in [0.3, 0.4) is 0 Å². The van der Waals surface area contributed by atoms with Crippen molar-refractivity contribution in [3.05, 3.63) is 0 Å². The molecule has 1 rings (SSSR count). The van der Waals surface area contributed by atoms with Gasteiger partial charge in [0.05, 0.1) is 12.7 Å². The van der Waals surface area contributed by atoms with Gasteiger partial charge in [0.1, 0.15) is 0 Å². The summed E-state index contributed by atoms with van der Waals surface area (Å²) in [4.78, 5) is 2.40. The van der Waals surface area contributed by atoms with Gasteiger partial charge in [-0.15, -0.1) is 0 Å². The first-order valence-corrected chi connectivity index (χ1v) is 6.23.